The van der Waals surface area contributed by atoms with Crippen LogP contribution in [0.3, 0.4) is 0 Å². The van der Waals surface area contributed by atoms with Gasteiger partial charge in [0.05, 0.1) is 30.5 Å². The first-order valence-corrected chi connectivity index (χ1v) is 19.6. The minimum Gasteiger partial charge on any atom is -0.393 e. The summed E-state index contributed by atoms with van der Waals surface area (Å²) in [7, 11) is 1.82. The van der Waals surface area contributed by atoms with E-state index in [2.05, 4.69) is 41.5 Å². The van der Waals surface area contributed by atoms with Gasteiger partial charge in [0.1, 0.15) is 12.4 Å². The Kier molecular flexibility index (Phi) is 10.8. The van der Waals surface area contributed by atoms with Crippen molar-refractivity contribution in [2.75, 3.05) is 13.7 Å². The number of methoxy groups -OCH3 is 1. The first-order valence-electron chi connectivity index (χ1n) is 19.6. The van der Waals surface area contributed by atoms with E-state index in [0.29, 0.717) is 53.4 Å². The quantitative estimate of drug-likeness (QED) is 0.230. The van der Waals surface area contributed by atoms with Crippen LogP contribution < -0.4 is 0 Å². The lowest BCUT2D eigenvalue weighted by Gasteiger charge is -2.59. The SMILES string of the molecule is C.CC.CCC=O.COC(C)(C)C1OC23CC4C5CCC6C(C)(C)C(OC7CC(O)CCO7)CCC67C(C)C57CCC4(C)C2CCC1O3. The van der Waals surface area contributed by atoms with Gasteiger partial charge in [0.25, 0.3) is 0 Å². The van der Waals surface area contributed by atoms with Crippen molar-refractivity contribution in [3.05, 3.63) is 0 Å². The highest BCUT2D eigenvalue weighted by Crippen LogP contribution is 2.90. The molecule has 7 heteroatoms. The van der Waals surface area contributed by atoms with Crippen LogP contribution in [0.15, 0.2) is 0 Å². The van der Waals surface area contributed by atoms with Crippen LogP contribution in [-0.4, -0.2) is 67.2 Å². The number of aldehydes is 1. The number of ether oxygens (including phenoxy) is 5. The molecule has 3 spiro atoms. The summed E-state index contributed by atoms with van der Waals surface area (Å²) < 4.78 is 32.7. The van der Waals surface area contributed by atoms with Gasteiger partial charge in [-0.3, -0.25) is 0 Å². The topological polar surface area (TPSA) is 83.5 Å². The van der Waals surface area contributed by atoms with E-state index in [1.54, 1.807) is 0 Å². The third-order valence-electron chi connectivity index (χ3n) is 15.8. The fraction of sp³-hybridized carbons (Fsp3) is 0.976. The van der Waals surface area contributed by atoms with Gasteiger partial charge in [-0.1, -0.05) is 55.9 Å². The molecular formula is C41H72O7. The van der Waals surface area contributed by atoms with E-state index in [1.807, 2.05) is 27.9 Å². The second-order valence-corrected chi connectivity index (χ2v) is 17.8. The Morgan fingerprint density at radius 2 is 1.60 bits per heavy atom. The molecule has 0 aromatic carbocycles. The molecule has 48 heavy (non-hydrogen) atoms. The molecule has 3 aliphatic heterocycles. The molecule has 278 valence electrons. The number of carbonyl (C=O) groups excluding carboxylic acids is 1. The van der Waals surface area contributed by atoms with Crippen molar-refractivity contribution in [1.82, 2.24) is 0 Å². The summed E-state index contributed by atoms with van der Waals surface area (Å²) in [5.41, 5.74) is 0.990. The highest BCUT2D eigenvalue weighted by Gasteiger charge is 2.86. The molecule has 8 fully saturated rings. The number of hydrogen-bond acceptors (Lipinski definition) is 7. The molecule has 8 rings (SSSR count). The average molecular weight is 677 g/mol. The summed E-state index contributed by atoms with van der Waals surface area (Å²) in [6.07, 6.45) is 13.9. The number of fused-ring (bicyclic) bond motifs is 4. The van der Waals surface area contributed by atoms with Crippen molar-refractivity contribution in [2.45, 2.75) is 189 Å². The van der Waals surface area contributed by atoms with E-state index in [1.165, 1.54) is 38.5 Å². The number of hydrogen-bond donors (Lipinski definition) is 1. The number of aliphatic hydroxyl groups excluding tert-OH is 1. The molecule has 3 heterocycles. The third-order valence-corrected chi connectivity index (χ3v) is 15.8. The summed E-state index contributed by atoms with van der Waals surface area (Å²) in [5, 5.41) is 10.2. The van der Waals surface area contributed by atoms with Crippen molar-refractivity contribution in [2.24, 2.45) is 51.2 Å². The lowest BCUT2D eigenvalue weighted by Crippen LogP contribution is -2.55. The van der Waals surface area contributed by atoms with E-state index in [4.69, 9.17) is 23.7 Å². The maximum absolute atomic E-state index is 10.2. The van der Waals surface area contributed by atoms with Gasteiger partial charge >= 0.3 is 0 Å². The van der Waals surface area contributed by atoms with Crippen molar-refractivity contribution in [3.8, 4) is 0 Å². The fourth-order valence-corrected chi connectivity index (χ4v) is 13.7. The third kappa shape index (κ3) is 5.27. The maximum atomic E-state index is 10.2. The molecule has 14 unspecified atom stereocenters. The summed E-state index contributed by atoms with van der Waals surface area (Å²) in [6, 6.07) is 0. The van der Waals surface area contributed by atoms with E-state index >= 15 is 0 Å². The van der Waals surface area contributed by atoms with Crippen LogP contribution in [-0.2, 0) is 28.5 Å². The minimum atomic E-state index is -0.411. The number of aliphatic hydroxyl groups is 1. The van der Waals surface area contributed by atoms with E-state index in [0.717, 1.165) is 43.8 Å². The summed E-state index contributed by atoms with van der Waals surface area (Å²) in [4.78, 5) is 9.17. The molecule has 2 bridgehead atoms. The van der Waals surface area contributed by atoms with Gasteiger partial charge in [0.2, 0.25) is 0 Å². The Morgan fingerprint density at radius 3 is 2.25 bits per heavy atom. The van der Waals surface area contributed by atoms with Gasteiger partial charge in [-0.15, -0.1) is 0 Å². The van der Waals surface area contributed by atoms with E-state index in [-0.39, 0.29) is 49.1 Å². The minimum absolute atomic E-state index is 0. The lowest BCUT2D eigenvalue weighted by molar-refractivity contribution is -0.248. The molecule has 0 aromatic heterocycles. The molecule has 0 radical (unpaired) electrons. The molecule has 5 aliphatic carbocycles. The van der Waals surface area contributed by atoms with Crippen LogP contribution in [0.4, 0.5) is 0 Å². The molecule has 3 saturated heterocycles. The summed E-state index contributed by atoms with van der Waals surface area (Å²) in [5.74, 6) is 3.02. The van der Waals surface area contributed by atoms with Crippen LogP contribution in [0, 0.1) is 51.2 Å². The first kappa shape index (κ1) is 38.7. The number of rotatable bonds is 5. The summed E-state index contributed by atoms with van der Waals surface area (Å²) >= 11 is 0. The van der Waals surface area contributed by atoms with Gasteiger partial charge in [0, 0.05) is 32.3 Å². The van der Waals surface area contributed by atoms with Crippen molar-refractivity contribution >= 4 is 6.29 Å². The first-order chi connectivity index (χ1) is 22.3. The standard InChI is InChI=1S/C35H56O6.C3H6O.C2H6.CH4/c1-20-33-16-15-32(6)23(19-35-26(32)11-9-24(40-35)29(41-35)31(4,5)37-7)22(33)8-10-25-30(2,3)27(12-14-34(20,25)33)39-28-18-21(36)13-17-38-28;1-2-3-4;1-2;/h20-29,36H,8-19H2,1-7H3;3H,2H2,1H3;1-2H3;1H4. The Labute approximate surface area is 293 Å². The molecule has 14 atom stereocenters. The molecule has 7 nitrogen and oxygen atoms in total. The molecule has 0 aromatic rings. The monoisotopic (exact) mass is 677 g/mol. The Bertz CT molecular complexity index is 1140. The average Bonchev–Trinajstić information content (AvgIpc) is 3.28. The number of carbonyl (C=O) groups is 1. The molecule has 8 aliphatic rings. The van der Waals surface area contributed by atoms with Crippen LogP contribution in [0.1, 0.15) is 147 Å². The highest BCUT2D eigenvalue weighted by atomic mass is 16.8. The van der Waals surface area contributed by atoms with E-state index in [9.17, 15) is 9.90 Å². The molecular weight excluding hydrogens is 604 g/mol. The molecule has 5 saturated carbocycles. The van der Waals surface area contributed by atoms with Crippen LogP contribution >= 0.6 is 0 Å². The van der Waals surface area contributed by atoms with Gasteiger partial charge in [-0.05, 0) is 117 Å². The second-order valence-electron chi connectivity index (χ2n) is 17.8. The van der Waals surface area contributed by atoms with Gasteiger partial charge in [0.15, 0.2) is 12.1 Å². The smallest absolute Gasteiger partial charge is 0.173 e. The largest absolute Gasteiger partial charge is 0.393 e. The van der Waals surface area contributed by atoms with Crippen LogP contribution in [0.2, 0.25) is 0 Å². The maximum Gasteiger partial charge on any atom is 0.173 e. The van der Waals surface area contributed by atoms with Gasteiger partial charge in [-0.25, -0.2) is 0 Å². The zero-order valence-electron chi connectivity index (χ0n) is 31.4. The van der Waals surface area contributed by atoms with Crippen LogP contribution in [0.5, 0.6) is 0 Å². The lowest BCUT2D eigenvalue weighted by atomic mass is 9.46. The Balaban J connectivity index is 0.000000602. The molecule has 0 amide bonds. The fourth-order valence-electron chi connectivity index (χ4n) is 13.7. The zero-order valence-corrected chi connectivity index (χ0v) is 31.4. The Morgan fingerprint density at radius 1 is 0.917 bits per heavy atom. The second kappa shape index (κ2) is 13.4. The normalized spacial score (nSPS) is 50.6. The zero-order chi connectivity index (χ0) is 34.2. The van der Waals surface area contributed by atoms with Crippen LogP contribution in [0.25, 0.3) is 0 Å². The van der Waals surface area contributed by atoms with E-state index < -0.39 is 5.79 Å². The highest BCUT2D eigenvalue weighted by molar-refractivity contribution is 5.48. The van der Waals surface area contributed by atoms with Gasteiger partial charge in [-0.2, -0.15) is 0 Å². The van der Waals surface area contributed by atoms with Gasteiger partial charge < -0.3 is 33.6 Å². The van der Waals surface area contributed by atoms with Crippen molar-refractivity contribution in [1.29, 1.82) is 0 Å². The van der Waals surface area contributed by atoms with Crippen molar-refractivity contribution in [3.63, 3.8) is 0 Å². The Hall–Kier alpha value is -0.570. The predicted molar refractivity (Wildman–Crippen MR) is 189 cm³/mol. The predicted octanol–water partition coefficient (Wildman–Crippen LogP) is 8.73. The summed E-state index contributed by atoms with van der Waals surface area (Å²) in [6.45, 7) is 21.0. The van der Waals surface area contributed by atoms with Crippen molar-refractivity contribution < 1.29 is 33.6 Å². The molecule has 1 N–H and O–H groups in total.